The number of anilines is 1. The van der Waals surface area contributed by atoms with E-state index in [2.05, 4.69) is 14.9 Å². The van der Waals surface area contributed by atoms with E-state index in [1.807, 2.05) is 31.5 Å². The van der Waals surface area contributed by atoms with Crippen molar-refractivity contribution in [1.29, 1.82) is 0 Å². The summed E-state index contributed by atoms with van der Waals surface area (Å²) in [5, 5.41) is 0. The minimum atomic E-state index is 0.271. The first-order valence-electron chi connectivity index (χ1n) is 8.91. The molecular formula is C19H24N4O. The van der Waals surface area contributed by atoms with E-state index in [0.29, 0.717) is 6.61 Å². The van der Waals surface area contributed by atoms with Crippen molar-refractivity contribution in [3.63, 3.8) is 0 Å². The van der Waals surface area contributed by atoms with Gasteiger partial charge in [-0.15, -0.1) is 0 Å². The van der Waals surface area contributed by atoms with Gasteiger partial charge in [0.1, 0.15) is 11.6 Å². The monoisotopic (exact) mass is 324 g/mol. The third kappa shape index (κ3) is 3.26. The average Bonchev–Trinajstić information content (AvgIpc) is 3.09. The highest BCUT2D eigenvalue weighted by Gasteiger charge is 2.28. The largest absolute Gasteiger partial charge is 0.372 e. The fraction of sp³-hybridized carbons (Fsp3) is 0.526. The molecule has 1 unspecified atom stereocenters. The Hall–Kier alpha value is -2.01. The molecule has 1 atom stereocenters. The van der Waals surface area contributed by atoms with Crippen LogP contribution in [0.4, 0.5) is 5.82 Å². The van der Waals surface area contributed by atoms with Gasteiger partial charge >= 0.3 is 0 Å². The van der Waals surface area contributed by atoms with Crippen LogP contribution in [-0.2, 0) is 24.2 Å². The van der Waals surface area contributed by atoms with Gasteiger partial charge in [0, 0.05) is 36.7 Å². The number of hydrogen-bond donors (Lipinski definition) is 0. The molecule has 2 aromatic rings. The predicted molar refractivity (Wildman–Crippen MR) is 93.1 cm³/mol. The first-order chi connectivity index (χ1) is 11.8. The van der Waals surface area contributed by atoms with Crippen LogP contribution in [-0.4, -0.2) is 34.1 Å². The lowest BCUT2D eigenvalue weighted by atomic mass is 9.96. The Kier molecular flexibility index (Phi) is 4.43. The second kappa shape index (κ2) is 6.85. The number of fused-ring (bicyclic) bond motifs is 1. The zero-order chi connectivity index (χ0) is 16.4. The molecule has 1 aliphatic heterocycles. The first-order valence-corrected chi connectivity index (χ1v) is 8.91. The summed E-state index contributed by atoms with van der Waals surface area (Å²) in [4.78, 5) is 15.9. The molecule has 1 saturated heterocycles. The Labute approximate surface area is 143 Å². The molecule has 0 spiro atoms. The first kappa shape index (κ1) is 15.5. The van der Waals surface area contributed by atoms with Gasteiger partial charge in [-0.2, -0.15) is 0 Å². The Morgan fingerprint density at radius 2 is 2.00 bits per heavy atom. The molecule has 4 rings (SSSR count). The van der Waals surface area contributed by atoms with Crippen molar-refractivity contribution < 1.29 is 4.74 Å². The van der Waals surface area contributed by atoms with Gasteiger partial charge in [-0.25, -0.2) is 9.97 Å². The zero-order valence-corrected chi connectivity index (χ0v) is 14.2. The molecule has 2 aromatic heterocycles. The van der Waals surface area contributed by atoms with Crippen LogP contribution in [0.2, 0.25) is 0 Å². The van der Waals surface area contributed by atoms with E-state index < -0.39 is 0 Å². The summed E-state index contributed by atoms with van der Waals surface area (Å²) in [6, 6.07) is 4.02. The summed E-state index contributed by atoms with van der Waals surface area (Å²) in [7, 11) is 0. The Bertz CT molecular complexity index is 704. The van der Waals surface area contributed by atoms with E-state index in [-0.39, 0.29) is 6.10 Å². The summed E-state index contributed by atoms with van der Waals surface area (Å²) < 4.78 is 6.10. The molecule has 1 fully saturated rings. The highest BCUT2D eigenvalue weighted by molar-refractivity contribution is 5.51. The van der Waals surface area contributed by atoms with E-state index in [1.165, 1.54) is 29.7 Å². The van der Waals surface area contributed by atoms with Crippen molar-refractivity contribution in [3.8, 4) is 0 Å². The average molecular weight is 324 g/mol. The van der Waals surface area contributed by atoms with E-state index >= 15 is 0 Å². The minimum absolute atomic E-state index is 0.271. The number of hydrogen-bond acceptors (Lipinski definition) is 5. The molecule has 0 bridgehead atoms. The fourth-order valence-electron chi connectivity index (χ4n) is 3.71. The minimum Gasteiger partial charge on any atom is -0.372 e. The maximum Gasteiger partial charge on any atom is 0.135 e. The Morgan fingerprint density at radius 3 is 2.88 bits per heavy atom. The van der Waals surface area contributed by atoms with Gasteiger partial charge in [-0.05, 0) is 56.7 Å². The molecule has 3 heterocycles. The molecule has 24 heavy (non-hydrogen) atoms. The zero-order valence-electron chi connectivity index (χ0n) is 14.2. The van der Waals surface area contributed by atoms with Gasteiger partial charge in [0.05, 0.1) is 12.7 Å². The van der Waals surface area contributed by atoms with Crippen LogP contribution in [0.15, 0.2) is 24.5 Å². The van der Waals surface area contributed by atoms with Crippen LogP contribution >= 0.6 is 0 Å². The number of aryl methyl sites for hydroxylation is 2. The third-order valence-electron chi connectivity index (χ3n) is 4.95. The maximum atomic E-state index is 6.10. The van der Waals surface area contributed by atoms with Gasteiger partial charge in [0.2, 0.25) is 0 Å². The number of nitrogens with zero attached hydrogens (tertiary/aromatic N) is 4. The molecule has 0 radical (unpaired) electrons. The van der Waals surface area contributed by atoms with Crippen LogP contribution in [0, 0.1) is 6.92 Å². The van der Waals surface area contributed by atoms with E-state index in [4.69, 9.17) is 9.72 Å². The number of aromatic nitrogens is 3. The SMILES string of the molecule is Cc1nc2c(c(N3CCC(OCc4ccncc4)C3)n1)CCCC2. The lowest BCUT2D eigenvalue weighted by Gasteiger charge is -2.25. The molecule has 0 saturated carbocycles. The van der Waals surface area contributed by atoms with Crippen molar-refractivity contribution >= 4 is 5.82 Å². The fourth-order valence-corrected chi connectivity index (χ4v) is 3.71. The molecule has 0 amide bonds. The Morgan fingerprint density at radius 1 is 1.17 bits per heavy atom. The van der Waals surface area contributed by atoms with Crippen LogP contribution in [0.5, 0.6) is 0 Å². The predicted octanol–water partition coefficient (Wildman–Crippen LogP) is 2.85. The van der Waals surface area contributed by atoms with Crippen LogP contribution < -0.4 is 4.90 Å². The number of rotatable bonds is 4. The maximum absolute atomic E-state index is 6.10. The number of pyridine rings is 1. The van der Waals surface area contributed by atoms with Crippen LogP contribution in [0.25, 0.3) is 0 Å². The highest BCUT2D eigenvalue weighted by Crippen LogP contribution is 2.30. The summed E-state index contributed by atoms with van der Waals surface area (Å²) in [6.45, 7) is 4.60. The molecule has 1 aliphatic carbocycles. The molecular weight excluding hydrogens is 300 g/mol. The summed E-state index contributed by atoms with van der Waals surface area (Å²) >= 11 is 0. The topological polar surface area (TPSA) is 51.1 Å². The lowest BCUT2D eigenvalue weighted by Crippen LogP contribution is -2.26. The molecule has 5 nitrogen and oxygen atoms in total. The van der Waals surface area contributed by atoms with Crippen molar-refractivity contribution in [2.45, 2.75) is 51.7 Å². The van der Waals surface area contributed by atoms with E-state index in [0.717, 1.165) is 44.0 Å². The molecule has 126 valence electrons. The molecule has 0 aromatic carbocycles. The second-order valence-corrected chi connectivity index (χ2v) is 6.75. The van der Waals surface area contributed by atoms with Crippen molar-refractivity contribution in [2.75, 3.05) is 18.0 Å². The van der Waals surface area contributed by atoms with Gasteiger partial charge < -0.3 is 9.64 Å². The standard InChI is InChI=1S/C19H24N4O/c1-14-21-18-5-3-2-4-17(18)19(22-14)23-11-8-16(12-23)24-13-15-6-9-20-10-7-15/h6-7,9-10,16H,2-5,8,11-13H2,1H3. The van der Waals surface area contributed by atoms with Gasteiger partial charge in [-0.1, -0.05) is 0 Å². The van der Waals surface area contributed by atoms with Crippen LogP contribution in [0.1, 0.15) is 41.9 Å². The van der Waals surface area contributed by atoms with Gasteiger partial charge in [0.25, 0.3) is 0 Å². The second-order valence-electron chi connectivity index (χ2n) is 6.75. The smallest absolute Gasteiger partial charge is 0.135 e. The molecule has 0 N–H and O–H groups in total. The Balaban J connectivity index is 1.44. The van der Waals surface area contributed by atoms with E-state index in [9.17, 15) is 0 Å². The third-order valence-corrected chi connectivity index (χ3v) is 4.95. The molecule has 5 heteroatoms. The summed E-state index contributed by atoms with van der Waals surface area (Å²) in [6.07, 6.45) is 9.68. The normalized spacial score (nSPS) is 20.2. The van der Waals surface area contributed by atoms with Gasteiger partial charge in [0.15, 0.2) is 0 Å². The van der Waals surface area contributed by atoms with Crippen molar-refractivity contribution in [2.24, 2.45) is 0 Å². The van der Waals surface area contributed by atoms with Gasteiger partial charge in [-0.3, -0.25) is 4.98 Å². The lowest BCUT2D eigenvalue weighted by molar-refractivity contribution is 0.0553. The van der Waals surface area contributed by atoms with Crippen molar-refractivity contribution in [3.05, 3.63) is 47.2 Å². The summed E-state index contributed by atoms with van der Waals surface area (Å²) in [5.41, 5.74) is 3.82. The van der Waals surface area contributed by atoms with Crippen molar-refractivity contribution in [1.82, 2.24) is 15.0 Å². The number of ether oxygens (including phenoxy) is 1. The highest BCUT2D eigenvalue weighted by atomic mass is 16.5. The van der Waals surface area contributed by atoms with Crippen LogP contribution in [0.3, 0.4) is 0 Å². The molecule has 2 aliphatic rings. The summed E-state index contributed by atoms with van der Waals surface area (Å²) in [5.74, 6) is 2.05. The van der Waals surface area contributed by atoms with E-state index in [1.54, 1.807) is 0 Å². The quantitative estimate of drug-likeness (QED) is 0.865.